The number of aromatic nitrogens is 2. The third kappa shape index (κ3) is 2.21. The van der Waals surface area contributed by atoms with Gasteiger partial charge in [0.2, 0.25) is 0 Å². The number of rotatable bonds is 2. The molecule has 0 unspecified atom stereocenters. The van der Waals surface area contributed by atoms with Crippen molar-refractivity contribution in [2.45, 2.75) is 19.4 Å². The van der Waals surface area contributed by atoms with E-state index in [1.807, 2.05) is 25.5 Å². The lowest BCUT2D eigenvalue weighted by Gasteiger charge is -2.41. The average molecular weight is 295 g/mol. The molecule has 2 aromatic rings. The van der Waals surface area contributed by atoms with Crippen LogP contribution in [0.25, 0.3) is 11.1 Å². The van der Waals surface area contributed by atoms with Crippen molar-refractivity contribution in [3.05, 3.63) is 30.1 Å². The molecule has 0 radical (unpaired) electrons. The second kappa shape index (κ2) is 5.38. The number of nitrogens with zero attached hydrogens (tertiary/aromatic N) is 5. The molecule has 0 aliphatic carbocycles. The Balaban J connectivity index is 2.18. The van der Waals surface area contributed by atoms with E-state index in [4.69, 9.17) is 0 Å². The highest BCUT2D eigenvalue weighted by Crippen LogP contribution is 2.39. The molecule has 1 atom stereocenters. The Morgan fingerprint density at radius 2 is 2.05 bits per heavy atom. The molecule has 1 aliphatic heterocycles. The molecule has 0 saturated heterocycles. The first-order chi connectivity index (χ1) is 10.5. The monoisotopic (exact) mass is 295 g/mol. The fraction of sp³-hybridized carbons (Fsp3) is 0.412. The van der Waals surface area contributed by atoms with E-state index < -0.39 is 0 Å². The Hall–Kier alpha value is -2.48. The molecule has 1 aromatic heterocycles. The fourth-order valence-electron chi connectivity index (χ4n) is 3.19. The van der Waals surface area contributed by atoms with Crippen LogP contribution in [-0.2, 0) is 7.05 Å². The summed E-state index contributed by atoms with van der Waals surface area (Å²) in [7, 11) is 6.12. The van der Waals surface area contributed by atoms with Gasteiger partial charge in [0.1, 0.15) is 0 Å². The SMILES string of the molecule is CC[C@H]1CN(C)c2cc(C#N)c(-c3cnn(C)c3)cc2N1C. The van der Waals surface area contributed by atoms with Crippen molar-refractivity contribution in [2.24, 2.45) is 7.05 Å². The molecule has 0 bridgehead atoms. The number of fused-ring (bicyclic) bond motifs is 1. The first kappa shape index (κ1) is 14.5. The number of anilines is 2. The minimum absolute atomic E-state index is 0.493. The lowest BCUT2D eigenvalue weighted by atomic mass is 9.97. The van der Waals surface area contributed by atoms with Crippen LogP contribution in [0.3, 0.4) is 0 Å². The predicted molar refractivity (Wildman–Crippen MR) is 89.1 cm³/mol. The summed E-state index contributed by atoms with van der Waals surface area (Å²) >= 11 is 0. The Kier molecular flexibility index (Phi) is 3.53. The molecule has 0 spiro atoms. The van der Waals surface area contributed by atoms with Crippen molar-refractivity contribution in [3.63, 3.8) is 0 Å². The number of hydrogen-bond acceptors (Lipinski definition) is 4. The quantitative estimate of drug-likeness (QED) is 0.854. The molecule has 0 amide bonds. The van der Waals surface area contributed by atoms with Crippen LogP contribution in [0, 0.1) is 11.3 Å². The van der Waals surface area contributed by atoms with Gasteiger partial charge >= 0.3 is 0 Å². The van der Waals surface area contributed by atoms with Crippen LogP contribution in [0.2, 0.25) is 0 Å². The second-order valence-electron chi connectivity index (χ2n) is 5.95. The van der Waals surface area contributed by atoms with Crippen LogP contribution in [0.4, 0.5) is 11.4 Å². The maximum absolute atomic E-state index is 9.53. The van der Waals surface area contributed by atoms with Gasteiger partial charge in [0.05, 0.1) is 29.2 Å². The smallest absolute Gasteiger partial charge is 0.0999 e. The van der Waals surface area contributed by atoms with Crippen molar-refractivity contribution in [3.8, 4) is 17.2 Å². The Labute approximate surface area is 131 Å². The lowest BCUT2D eigenvalue weighted by molar-refractivity contribution is 0.585. The highest BCUT2D eigenvalue weighted by atomic mass is 15.3. The Morgan fingerprint density at radius 3 is 2.64 bits per heavy atom. The predicted octanol–water partition coefficient (Wildman–Crippen LogP) is 2.62. The molecule has 3 rings (SSSR count). The standard InChI is InChI=1S/C17H21N5/c1-5-14-11-20(2)16-6-12(8-18)15(7-17(16)22(14)4)13-9-19-21(3)10-13/h6-7,9-10,14H,5,11H2,1-4H3/t14-/m0/s1. The number of benzene rings is 1. The zero-order valence-electron chi connectivity index (χ0n) is 13.5. The van der Waals surface area contributed by atoms with Crippen LogP contribution < -0.4 is 9.80 Å². The highest BCUT2D eigenvalue weighted by Gasteiger charge is 2.27. The van der Waals surface area contributed by atoms with Gasteiger partial charge in [-0.1, -0.05) is 6.92 Å². The Bertz CT molecular complexity index is 740. The summed E-state index contributed by atoms with van der Waals surface area (Å²) in [6.45, 7) is 3.20. The largest absolute Gasteiger partial charge is 0.371 e. The van der Waals surface area contributed by atoms with Crippen LogP contribution in [-0.4, -0.2) is 36.5 Å². The molecule has 22 heavy (non-hydrogen) atoms. The van der Waals surface area contributed by atoms with Gasteiger partial charge in [-0.3, -0.25) is 4.68 Å². The van der Waals surface area contributed by atoms with Gasteiger partial charge in [-0.2, -0.15) is 10.4 Å². The van der Waals surface area contributed by atoms with Crippen molar-refractivity contribution in [2.75, 3.05) is 30.4 Å². The van der Waals surface area contributed by atoms with E-state index in [1.165, 1.54) is 5.69 Å². The second-order valence-corrected chi connectivity index (χ2v) is 5.95. The molecule has 5 nitrogen and oxygen atoms in total. The number of aryl methyl sites for hydroxylation is 1. The first-order valence-corrected chi connectivity index (χ1v) is 7.56. The summed E-state index contributed by atoms with van der Waals surface area (Å²) in [5.41, 5.74) is 4.93. The van der Waals surface area contributed by atoms with Gasteiger partial charge in [0.15, 0.2) is 0 Å². The summed E-state index contributed by atoms with van der Waals surface area (Å²) < 4.78 is 1.76. The van der Waals surface area contributed by atoms with Crippen LogP contribution >= 0.6 is 0 Å². The van der Waals surface area contributed by atoms with E-state index in [-0.39, 0.29) is 0 Å². The fourth-order valence-corrected chi connectivity index (χ4v) is 3.19. The summed E-state index contributed by atoms with van der Waals surface area (Å²) in [5.74, 6) is 0. The van der Waals surface area contributed by atoms with Crippen LogP contribution in [0.5, 0.6) is 0 Å². The maximum atomic E-state index is 9.53. The summed E-state index contributed by atoms with van der Waals surface area (Å²) in [6.07, 6.45) is 4.86. The van der Waals surface area contributed by atoms with Gasteiger partial charge in [-0.05, 0) is 18.6 Å². The van der Waals surface area contributed by atoms with E-state index in [0.717, 1.165) is 29.8 Å². The van der Waals surface area contributed by atoms with E-state index in [2.05, 4.69) is 48.1 Å². The molecule has 5 heteroatoms. The molecule has 1 aromatic carbocycles. The van der Waals surface area contributed by atoms with Gasteiger partial charge < -0.3 is 9.80 Å². The molecule has 0 saturated carbocycles. The molecule has 2 heterocycles. The first-order valence-electron chi connectivity index (χ1n) is 7.56. The van der Waals surface area contributed by atoms with E-state index in [9.17, 15) is 5.26 Å². The van der Waals surface area contributed by atoms with Crippen molar-refractivity contribution in [1.29, 1.82) is 5.26 Å². The molecular formula is C17H21N5. The number of nitriles is 1. The van der Waals surface area contributed by atoms with Gasteiger partial charge in [-0.15, -0.1) is 0 Å². The van der Waals surface area contributed by atoms with E-state index >= 15 is 0 Å². The zero-order chi connectivity index (χ0) is 15.9. The van der Waals surface area contributed by atoms with Crippen LogP contribution in [0.1, 0.15) is 18.9 Å². The molecular weight excluding hydrogens is 274 g/mol. The Morgan fingerprint density at radius 1 is 1.27 bits per heavy atom. The molecule has 1 aliphatic rings. The minimum atomic E-state index is 0.493. The highest BCUT2D eigenvalue weighted by molar-refractivity contribution is 5.84. The third-order valence-electron chi connectivity index (χ3n) is 4.55. The zero-order valence-corrected chi connectivity index (χ0v) is 13.5. The van der Waals surface area contributed by atoms with Gasteiger partial charge in [0, 0.05) is 51.1 Å². The number of hydrogen-bond donors (Lipinski definition) is 0. The van der Waals surface area contributed by atoms with E-state index in [0.29, 0.717) is 11.6 Å². The third-order valence-corrected chi connectivity index (χ3v) is 4.55. The molecule has 0 N–H and O–H groups in total. The van der Waals surface area contributed by atoms with Crippen molar-refractivity contribution >= 4 is 11.4 Å². The van der Waals surface area contributed by atoms with Crippen LogP contribution in [0.15, 0.2) is 24.5 Å². The van der Waals surface area contributed by atoms with Crippen molar-refractivity contribution in [1.82, 2.24) is 9.78 Å². The molecule has 0 fully saturated rings. The normalized spacial score (nSPS) is 17.3. The maximum Gasteiger partial charge on any atom is 0.0999 e. The summed E-state index contributed by atoms with van der Waals surface area (Å²) in [4.78, 5) is 4.58. The van der Waals surface area contributed by atoms with Gasteiger partial charge in [-0.25, -0.2) is 0 Å². The van der Waals surface area contributed by atoms with Gasteiger partial charge in [0.25, 0.3) is 0 Å². The van der Waals surface area contributed by atoms with E-state index in [1.54, 1.807) is 4.68 Å². The average Bonchev–Trinajstić information content (AvgIpc) is 2.95. The lowest BCUT2D eigenvalue weighted by Crippen LogP contribution is -2.45. The summed E-state index contributed by atoms with van der Waals surface area (Å²) in [5, 5.41) is 13.8. The number of likely N-dealkylation sites (N-methyl/N-ethyl adjacent to an activating group) is 2. The summed E-state index contributed by atoms with van der Waals surface area (Å²) in [6, 6.07) is 6.95. The minimum Gasteiger partial charge on any atom is -0.371 e. The molecule has 114 valence electrons. The topological polar surface area (TPSA) is 48.1 Å². The van der Waals surface area contributed by atoms with Crippen molar-refractivity contribution < 1.29 is 0 Å².